The maximum absolute atomic E-state index is 5.38. The normalized spacial score (nSPS) is 11.9. The molecule has 0 saturated heterocycles. The van der Waals surface area contributed by atoms with E-state index in [0.717, 1.165) is 93.6 Å². The van der Waals surface area contributed by atoms with Crippen LogP contribution in [0.25, 0.3) is 111 Å². The molecular formula is C49H29N7. The van der Waals surface area contributed by atoms with E-state index in [-0.39, 0.29) is 0 Å². The van der Waals surface area contributed by atoms with E-state index in [4.69, 9.17) is 24.9 Å². The van der Waals surface area contributed by atoms with Gasteiger partial charge in [0, 0.05) is 32.8 Å². The van der Waals surface area contributed by atoms with Crippen LogP contribution in [-0.4, -0.2) is 33.9 Å². The third-order valence-electron chi connectivity index (χ3n) is 11.0. The number of benzene rings is 8. The molecule has 7 nitrogen and oxygen atoms in total. The highest BCUT2D eigenvalue weighted by molar-refractivity contribution is 6.10. The Balaban J connectivity index is 1.16. The molecule has 0 bridgehead atoms. The van der Waals surface area contributed by atoms with Crippen molar-refractivity contribution in [3.63, 3.8) is 0 Å². The van der Waals surface area contributed by atoms with E-state index < -0.39 is 0 Å². The molecule has 7 heteroatoms. The van der Waals surface area contributed by atoms with Crippen LogP contribution in [-0.2, 0) is 0 Å². The number of imidazole rings is 1. The Kier molecular flexibility index (Phi) is 6.50. The van der Waals surface area contributed by atoms with Gasteiger partial charge in [0.15, 0.2) is 17.5 Å². The van der Waals surface area contributed by atoms with Crippen molar-refractivity contribution in [2.75, 3.05) is 0 Å². The molecule has 12 rings (SSSR count). The highest BCUT2D eigenvalue weighted by atomic mass is 15.2. The van der Waals surface area contributed by atoms with Crippen LogP contribution in [0.1, 0.15) is 0 Å². The standard InChI is InChI=1S/C49H29N7/c1-3-17-33-30(13-1)15-11-21-37(33)46-52-45(53-47(54-46)38-22-12-16-31-14-2-4-18-34(31)38)32-27-28-36-35-19-6-9-25-42(35)55(44(36)29-32)49-51-40-23-7-5-20-39(40)48-50-41-24-8-10-26-43(41)56(48)49/h1-29H. The van der Waals surface area contributed by atoms with Crippen molar-refractivity contribution in [2.24, 2.45) is 0 Å². The lowest BCUT2D eigenvalue weighted by Gasteiger charge is -2.13. The lowest BCUT2D eigenvalue weighted by Crippen LogP contribution is -2.06. The summed E-state index contributed by atoms with van der Waals surface area (Å²) in [6, 6.07) is 60.9. The number of rotatable bonds is 4. The van der Waals surface area contributed by atoms with Crippen molar-refractivity contribution in [3.8, 4) is 40.1 Å². The lowest BCUT2D eigenvalue weighted by atomic mass is 10.0. The molecule has 12 aromatic rings. The summed E-state index contributed by atoms with van der Waals surface area (Å²) in [5.41, 5.74) is 8.48. The molecule has 260 valence electrons. The summed E-state index contributed by atoms with van der Waals surface area (Å²) in [5.74, 6) is 2.60. The van der Waals surface area contributed by atoms with Crippen molar-refractivity contribution in [1.82, 2.24) is 33.9 Å². The Bertz CT molecular complexity index is 3450. The second-order valence-corrected chi connectivity index (χ2v) is 14.1. The van der Waals surface area contributed by atoms with Crippen molar-refractivity contribution < 1.29 is 0 Å². The molecule has 0 aliphatic heterocycles. The highest BCUT2D eigenvalue weighted by Crippen LogP contribution is 2.37. The van der Waals surface area contributed by atoms with Gasteiger partial charge in [0.25, 0.3) is 0 Å². The van der Waals surface area contributed by atoms with Crippen LogP contribution in [0.15, 0.2) is 176 Å². The fourth-order valence-electron chi connectivity index (χ4n) is 8.39. The minimum atomic E-state index is 0.592. The monoisotopic (exact) mass is 715 g/mol. The molecular weight excluding hydrogens is 687 g/mol. The van der Waals surface area contributed by atoms with Gasteiger partial charge in [-0.05, 0) is 57.9 Å². The second-order valence-electron chi connectivity index (χ2n) is 14.1. The average Bonchev–Trinajstić information content (AvgIpc) is 3.82. The van der Waals surface area contributed by atoms with Crippen LogP contribution >= 0.6 is 0 Å². The minimum Gasteiger partial charge on any atom is -0.279 e. The minimum absolute atomic E-state index is 0.592. The van der Waals surface area contributed by atoms with E-state index >= 15 is 0 Å². The number of hydrogen-bond acceptors (Lipinski definition) is 5. The number of hydrogen-bond donors (Lipinski definition) is 0. The predicted octanol–water partition coefficient (Wildman–Crippen LogP) is 11.6. The molecule has 4 heterocycles. The SMILES string of the molecule is c1ccc2c(-c3nc(-c4ccc5c6ccccc6n(-c6nc7ccccc7c7nc8ccccc8n67)c5c4)nc(-c4cccc5ccccc45)n3)cccc2c1. The van der Waals surface area contributed by atoms with Crippen LogP contribution in [0.3, 0.4) is 0 Å². The Labute approximate surface area is 319 Å². The van der Waals surface area contributed by atoms with Crippen molar-refractivity contribution in [2.45, 2.75) is 0 Å². The van der Waals surface area contributed by atoms with Gasteiger partial charge in [-0.25, -0.2) is 24.9 Å². The van der Waals surface area contributed by atoms with Gasteiger partial charge < -0.3 is 0 Å². The Hall–Kier alpha value is -7.77. The first-order valence-electron chi connectivity index (χ1n) is 18.7. The first kappa shape index (κ1) is 30.7. The third-order valence-corrected chi connectivity index (χ3v) is 11.0. The van der Waals surface area contributed by atoms with Gasteiger partial charge in [0.1, 0.15) is 5.65 Å². The summed E-state index contributed by atoms with van der Waals surface area (Å²) in [6.45, 7) is 0. The average molecular weight is 716 g/mol. The molecule has 0 aliphatic rings. The molecule has 0 radical (unpaired) electrons. The van der Waals surface area contributed by atoms with Crippen LogP contribution in [0.4, 0.5) is 0 Å². The maximum atomic E-state index is 5.38. The zero-order valence-corrected chi connectivity index (χ0v) is 29.9. The number of aromatic nitrogens is 7. The van der Waals surface area contributed by atoms with E-state index in [1.54, 1.807) is 0 Å². The Morgan fingerprint density at radius 3 is 1.59 bits per heavy atom. The second kappa shape index (κ2) is 11.9. The molecule has 8 aromatic carbocycles. The van der Waals surface area contributed by atoms with Gasteiger partial charge in [0.2, 0.25) is 5.95 Å². The van der Waals surface area contributed by atoms with Gasteiger partial charge in [-0.3, -0.25) is 8.97 Å². The Morgan fingerprint density at radius 1 is 0.339 bits per heavy atom. The zero-order chi connectivity index (χ0) is 36.7. The first-order chi connectivity index (χ1) is 27.8. The fraction of sp³-hybridized carbons (Fsp3) is 0. The van der Waals surface area contributed by atoms with E-state index in [2.05, 4.69) is 167 Å². The molecule has 0 amide bonds. The summed E-state index contributed by atoms with van der Waals surface area (Å²) in [5, 5.41) is 7.67. The molecule has 0 spiro atoms. The summed E-state index contributed by atoms with van der Waals surface area (Å²) in [6.07, 6.45) is 0. The summed E-state index contributed by atoms with van der Waals surface area (Å²) >= 11 is 0. The largest absolute Gasteiger partial charge is 0.279 e. The molecule has 0 aliphatic carbocycles. The topological polar surface area (TPSA) is 73.8 Å². The van der Waals surface area contributed by atoms with Crippen molar-refractivity contribution >= 4 is 70.9 Å². The summed E-state index contributed by atoms with van der Waals surface area (Å²) in [7, 11) is 0. The smallest absolute Gasteiger partial charge is 0.221 e. The highest BCUT2D eigenvalue weighted by Gasteiger charge is 2.22. The van der Waals surface area contributed by atoms with Crippen LogP contribution < -0.4 is 0 Å². The molecule has 0 atom stereocenters. The van der Waals surface area contributed by atoms with Crippen LogP contribution in [0, 0.1) is 0 Å². The van der Waals surface area contributed by atoms with Gasteiger partial charge in [-0.1, -0.05) is 140 Å². The summed E-state index contributed by atoms with van der Waals surface area (Å²) < 4.78 is 4.45. The molecule has 0 saturated carbocycles. The summed E-state index contributed by atoms with van der Waals surface area (Å²) in [4.78, 5) is 26.2. The number of nitrogens with zero attached hydrogens (tertiary/aromatic N) is 7. The van der Waals surface area contributed by atoms with Crippen LogP contribution in [0.2, 0.25) is 0 Å². The van der Waals surface area contributed by atoms with E-state index in [0.29, 0.717) is 17.5 Å². The molecule has 56 heavy (non-hydrogen) atoms. The van der Waals surface area contributed by atoms with Crippen molar-refractivity contribution in [3.05, 3.63) is 176 Å². The maximum Gasteiger partial charge on any atom is 0.221 e. The van der Waals surface area contributed by atoms with E-state index in [1.807, 2.05) is 18.2 Å². The van der Waals surface area contributed by atoms with Gasteiger partial charge in [-0.15, -0.1) is 0 Å². The molecule has 0 N–H and O–H groups in total. The first-order valence-corrected chi connectivity index (χ1v) is 18.7. The van der Waals surface area contributed by atoms with E-state index in [1.165, 1.54) is 0 Å². The number of fused-ring (bicyclic) bond motifs is 10. The lowest BCUT2D eigenvalue weighted by molar-refractivity contribution is 0.979. The van der Waals surface area contributed by atoms with Crippen molar-refractivity contribution in [1.29, 1.82) is 0 Å². The van der Waals surface area contributed by atoms with Gasteiger partial charge in [-0.2, -0.15) is 0 Å². The molecule has 0 fully saturated rings. The third kappa shape index (κ3) is 4.55. The van der Waals surface area contributed by atoms with Gasteiger partial charge >= 0.3 is 0 Å². The molecule has 0 unspecified atom stereocenters. The fourth-order valence-corrected chi connectivity index (χ4v) is 8.39. The predicted molar refractivity (Wildman–Crippen MR) is 227 cm³/mol. The Morgan fingerprint density at radius 2 is 0.875 bits per heavy atom. The van der Waals surface area contributed by atoms with Gasteiger partial charge in [0.05, 0.1) is 27.6 Å². The van der Waals surface area contributed by atoms with E-state index in [9.17, 15) is 0 Å². The number of para-hydroxylation sites is 4. The molecule has 4 aromatic heterocycles. The van der Waals surface area contributed by atoms with Crippen LogP contribution in [0.5, 0.6) is 0 Å². The zero-order valence-electron chi connectivity index (χ0n) is 29.9. The quantitative estimate of drug-likeness (QED) is 0.181.